The molecule has 1 unspecified atom stereocenters. The smallest absolute Gasteiger partial charge is 0.211 e. The molecule has 0 amide bonds. The highest BCUT2D eigenvalue weighted by Crippen LogP contribution is 2.18. The second kappa shape index (κ2) is 6.21. The van der Waals surface area contributed by atoms with E-state index in [1.807, 2.05) is 27.7 Å². The van der Waals surface area contributed by atoms with Crippen LogP contribution in [0.1, 0.15) is 40.5 Å². The quantitative estimate of drug-likeness (QED) is 0.766. The maximum atomic E-state index is 11.6. The zero-order valence-corrected chi connectivity index (χ0v) is 12.4. The Hall–Kier alpha value is 0.390. The van der Waals surface area contributed by atoms with Crippen molar-refractivity contribution in [2.75, 3.05) is 12.3 Å². The Morgan fingerprint density at radius 3 is 2.27 bits per heavy atom. The largest absolute Gasteiger partial charge is 0.214 e. The van der Waals surface area contributed by atoms with Gasteiger partial charge in [0.15, 0.2) is 0 Å². The van der Waals surface area contributed by atoms with Crippen molar-refractivity contribution >= 4 is 26.0 Å². The molecule has 0 aliphatic heterocycles. The Bertz CT molecular complexity index is 270. The van der Waals surface area contributed by atoms with E-state index in [0.29, 0.717) is 13.0 Å². The highest BCUT2D eigenvalue weighted by atomic mass is 79.9. The van der Waals surface area contributed by atoms with E-state index in [1.165, 1.54) is 0 Å². The highest BCUT2D eigenvalue weighted by molar-refractivity contribution is 9.09. The fourth-order valence-corrected chi connectivity index (χ4v) is 2.73. The average Bonchev–Trinajstić information content (AvgIpc) is 2.10. The highest BCUT2D eigenvalue weighted by Gasteiger charge is 2.17. The minimum absolute atomic E-state index is 0.0628. The van der Waals surface area contributed by atoms with Gasteiger partial charge in [0.05, 0.1) is 5.75 Å². The fraction of sp³-hybridized carbons (Fsp3) is 1.00. The predicted molar refractivity (Wildman–Crippen MR) is 68.9 cm³/mol. The number of hydrogen-bond acceptors (Lipinski definition) is 2. The summed E-state index contributed by atoms with van der Waals surface area (Å²) in [5.74, 6) is 0.208. The molecule has 5 heteroatoms. The molecule has 0 rings (SSSR count). The zero-order chi connectivity index (χ0) is 12.1. The van der Waals surface area contributed by atoms with Crippen LogP contribution in [0, 0.1) is 5.41 Å². The molecule has 0 bridgehead atoms. The second-order valence-corrected chi connectivity index (χ2v) is 8.20. The van der Waals surface area contributed by atoms with Crippen LogP contribution in [0.25, 0.3) is 0 Å². The van der Waals surface area contributed by atoms with Gasteiger partial charge in [-0.1, -0.05) is 43.6 Å². The Morgan fingerprint density at radius 1 is 1.33 bits per heavy atom. The monoisotopic (exact) mass is 299 g/mol. The van der Waals surface area contributed by atoms with Gasteiger partial charge in [0, 0.05) is 11.4 Å². The van der Waals surface area contributed by atoms with Crippen molar-refractivity contribution in [1.82, 2.24) is 4.72 Å². The maximum absolute atomic E-state index is 11.6. The van der Waals surface area contributed by atoms with Crippen LogP contribution in [0.5, 0.6) is 0 Å². The molecule has 0 spiro atoms. The predicted octanol–water partition coefficient (Wildman–Crippen LogP) is 2.52. The molecule has 0 aliphatic rings. The van der Waals surface area contributed by atoms with Crippen LogP contribution in [0.3, 0.4) is 0 Å². The third-order valence-electron chi connectivity index (χ3n) is 2.09. The van der Waals surface area contributed by atoms with Crippen LogP contribution in [0.4, 0.5) is 0 Å². The number of alkyl halides is 1. The summed E-state index contributed by atoms with van der Waals surface area (Å²) in [5.41, 5.74) is 0.0628. The van der Waals surface area contributed by atoms with Crippen molar-refractivity contribution < 1.29 is 8.42 Å². The van der Waals surface area contributed by atoms with Gasteiger partial charge in [-0.25, -0.2) is 13.1 Å². The van der Waals surface area contributed by atoms with E-state index in [-0.39, 0.29) is 16.0 Å². The second-order valence-electron chi connectivity index (χ2n) is 4.98. The summed E-state index contributed by atoms with van der Waals surface area (Å²) in [5, 5.41) is 0. The molecule has 0 aliphatic carbocycles. The molecule has 0 aromatic carbocycles. The van der Waals surface area contributed by atoms with Gasteiger partial charge >= 0.3 is 0 Å². The summed E-state index contributed by atoms with van der Waals surface area (Å²) < 4.78 is 25.7. The molecule has 0 fully saturated rings. The van der Waals surface area contributed by atoms with Crippen LogP contribution in [-0.4, -0.2) is 25.5 Å². The lowest BCUT2D eigenvalue weighted by Crippen LogP contribution is -2.32. The van der Waals surface area contributed by atoms with Gasteiger partial charge < -0.3 is 0 Å². The molecule has 1 N–H and O–H groups in total. The first-order valence-electron chi connectivity index (χ1n) is 5.28. The average molecular weight is 300 g/mol. The van der Waals surface area contributed by atoms with Gasteiger partial charge in [0.25, 0.3) is 0 Å². The lowest BCUT2D eigenvalue weighted by molar-refractivity contribution is 0.396. The van der Waals surface area contributed by atoms with E-state index in [4.69, 9.17) is 0 Å². The molecule has 0 aromatic heterocycles. The number of hydrogen-bond donors (Lipinski definition) is 1. The minimum atomic E-state index is -3.10. The minimum Gasteiger partial charge on any atom is -0.214 e. The Morgan fingerprint density at radius 2 is 1.87 bits per heavy atom. The lowest BCUT2D eigenvalue weighted by Gasteiger charge is -2.18. The maximum Gasteiger partial charge on any atom is 0.211 e. The topological polar surface area (TPSA) is 46.2 Å². The SMILES string of the molecule is CCC(Br)CNS(=O)(=O)CCC(C)(C)C. The van der Waals surface area contributed by atoms with Crippen LogP contribution in [0.2, 0.25) is 0 Å². The van der Waals surface area contributed by atoms with E-state index < -0.39 is 10.0 Å². The van der Waals surface area contributed by atoms with E-state index >= 15 is 0 Å². The summed E-state index contributed by atoms with van der Waals surface area (Å²) in [4.78, 5) is 0.224. The van der Waals surface area contributed by atoms with Gasteiger partial charge in [0.1, 0.15) is 0 Å². The molecule has 0 aromatic rings. The summed E-state index contributed by atoms with van der Waals surface area (Å²) in [7, 11) is -3.10. The molecule has 0 saturated heterocycles. The van der Waals surface area contributed by atoms with Crippen LogP contribution in [-0.2, 0) is 10.0 Å². The Labute approximate surface area is 102 Å². The van der Waals surface area contributed by atoms with Crippen molar-refractivity contribution in [1.29, 1.82) is 0 Å². The number of halogens is 1. The van der Waals surface area contributed by atoms with Gasteiger partial charge in [-0.2, -0.15) is 0 Å². The van der Waals surface area contributed by atoms with Crippen LogP contribution in [0.15, 0.2) is 0 Å². The molecule has 0 heterocycles. The lowest BCUT2D eigenvalue weighted by atomic mass is 9.94. The van der Waals surface area contributed by atoms with E-state index in [9.17, 15) is 8.42 Å². The van der Waals surface area contributed by atoms with Gasteiger partial charge in [0.2, 0.25) is 10.0 Å². The number of rotatable bonds is 6. The molecular formula is C10H22BrNO2S. The standard InChI is InChI=1S/C10H22BrNO2S/c1-5-9(11)8-12-15(13,14)7-6-10(2,3)4/h9,12H,5-8H2,1-4H3. The fourth-order valence-electron chi connectivity index (χ4n) is 0.874. The first-order valence-corrected chi connectivity index (χ1v) is 7.84. The van der Waals surface area contributed by atoms with E-state index in [2.05, 4.69) is 20.7 Å². The molecule has 92 valence electrons. The molecular weight excluding hydrogens is 278 g/mol. The molecule has 3 nitrogen and oxygen atoms in total. The van der Waals surface area contributed by atoms with E-state index in [0.717, 1.165) is 6.42 Å². The Kier molecular flexibility index (Phi) is 6.37. The zero-order valence-electron chi connectivity index (χ0n) is 10.0. The summed E-state index contributed by atoms with van der Waals surface area (Å²) >= 11 is 3.39. The Balaban J connectivity index is 3.99. The third-order valence-corrected chi connectivity index (χ3v) is 4.41. The van der Waals surface area contributed by atoms with Crippen LogP contribution >= 0.6 is 15.9 Å². The van der Waals surface area contributed by atoms with Gasteiger partial charge in [-0.05, 0) is 18.3 Å². The van der Waals surface area contributed by atoms with Crippen molar-refractivity contribution in [2.24, 2.45) is 5.41 Å². The van der Waals surface area contributed by atoms with Crippen molar-refractivity contribution in [3.63, 3.8) is 0 Å². The van der Waals surface area contributed by atoms with Crippen LogP contribution < -0.4 is 4.72 Å². The van der Waals surface area contributed by atoms with Crippen molar-refractivity contribution in [2.45, 2.75) is 45.4 Å². The molecule has 0 radical (unpaired) electrons. The number of nitrogens with one attached hydrogen (secondary N) is 1. The molecule has 1 atom stereocenters. The van der Waals surface area contributed by atoms with E-state index in [1.54, 1.807) is 0 Å². The third kappa shape index (κ3) is 9.33. The summed E-state index contributed by atoms with van der Waals surface area (Å²) in [6.45, 7) is 8.62. The summed E-state index contributed by atoms with van der Waals surface area (Å²) in [6.07, 6.45) is 1.60. The van der Waals surface area contributed by atoms with Crippen molar-refractivity contribution in [3.8, 4) is 0 Å². The molecule has 0 saturated carbocycles. The van der Waals surface area contributed by atoms with Gasteiger partial charge in [-0.3, -0.25) is 0 Å². The normalized spacial score (nSPS) is 15.3. The molecule has 15 heavy (non-hydrogen) atoms. The first kappa shape index (κ1) is 15.4. The first-order chi connectivity index (χ1) is 6.66. The van der Waals surface area contributed by atoms with Crippen molar-refractivity contribution in [3.05, 3.63) is 0 Å². The van der Waals surface area contributed by atoms with Gasteiger partial charge in [-0.15, -0.1) is 0 Å². The summed E-state index contributed by atoms with van der Waals surface area (Å²) in [6, 6.07) is 0. The number of sulfonamides is 1.